The molecule has 3 aromatic rings. The lowest BCUT2D eigenvalue weighted by Crippen LogP contribution is -2.24. The van der Waals surface area contributed by atoms with Crippen LogP contribution in [0.3, 0.4) is 0 Å². The maximum absolute atomic E-state index is 12.5. The number of aromatic nitrogens is 2. The third-order valence-electron chi connectivity index (χ3n) is 3.54. The van der Waals surface area contributed by atoms with Gasteiger partial charge in [0.15, 0.2) is 5.78 Å². The molecule has 0 saturated carbocycles. The zero-order valence-electron chi connectivity index (χ0n) is 11.9. The van der Waals surface area contributed by atoms with Crippen molar-refractivity contribution < 1.29 is 4.79 Å². The van der Waals surface area contributed by atoms with Crippen LogP contribution in [0.1, 0.15) is 15.9 Å². The third-order valence-corrected chi connectivity index (χ3v) is 3.79. The summed E-state index contributed by atoms with van der Waals surface area (Å²) < 4.78 is 1.33. The predicted molar refractivity (Wildman–Crippen MR) is 86.5 cm³/mol. The van der Waals surface area contributed by atoms with Crippen molar-refractivity contribution in [3.63, 3.8) is 0 Å². The molecule has 4 nitrogen and oxygen atoms in total. The molecule has 0 unspecified atom stereocenters. The lowest BCUT2D eigenvalue weighted by Gasteiger charge is -2.07. The summed E-state index contributed by atoms with van der Waals surface area (Å²) in [6.45, 7) is 1.86. The maximum atomic E-state index is 12.5. The quantitative estimate of drug-likeness (QED) is 0.698. The van der Waals surface area contributed by atoms with Crippen LogP contribution in [0.4, 0.5) is 0 Å². The minimum absolute atomic E-state index is 0.0443. The van der Waals surface area contributed by atoms with E-state index in [0.717, 1.165) is 5.56 Å². The number of carbonyl (C=O) groups is 1. The monoisotopic (exact) mass is 312 g/mol. The van der Waals surface area contributed by atoms with Crippen molar-refractivity contribution in [3.8, 4) is 0 Å². The van der Waals surface area contributed by atoms with Gasteiger partial charge in [-0.15, -0.1) is 0 Å². The van der Waals surface area contributed by atoms with E-state index >= 15 is 0 Å². The summed E-state index contributed by atoms with van der Waals surface area (Å²) in [5, 5.41) is 1.09. The number of nitrogens with zero attached hydrogens (tertiary/aromatic N) is 2. The van der Waals surface area contributed by atoms with E-state index in [1.54, 1.807) is 30.3 Å². The molecule has 0 atom stereocenters. The number of rotatable bonds is 3. The molecule has 2 aromatic carbocycles. The number of para-hydroxylation sites is 1. The van der Waals surface area contributed by atoms with Gasteiger partial charge in [0.1, 0.15) is 0 Å². The number of fused-ring (bicyclic) bond motifs is 1. The second-order valence-electron chi connectivity index (χ2n) is 5.08. The van der Waals surface area contributed by atoms with Crippen molar-refractivity contribution in [2.45, 2.75) is 13.5 Å². The molecule has 0 saturated heterocycles. The number of ketones is 1. The molecule has 3 rings (SSSR count). The normalized spacial score (nSPS) is 10.8. The van der Waals surface area contributed by atoms with E-state index in [-0.39, 0.29) is 17.9 Å². The molecule has 1 heterocycles. The molecule has 5 heteroatoms. The van der Waals surface area contributed by atoms with Crippen LogP contribution in [0.2, 0.25) is 5.02 Å². The Morgan fingerprint density at radius 2 is 1.91 bits per heavy atom. The molecule has 0 amide bonds. The fourth-order valence-corrected chi connectivity index (χ4v) is 2.46. The van der Waals surface area contributed by atoms with Crippen molar-refractivity contribution in [2.24, 2.45) is 0 Å². The fourth-order valence-electron chi connectivity index (χ4n) is 2.33. The first-order valence-corrected chi connectivity index (χ1v) is 7.17. The number of Topliss-reactive ketones (excluding diaryl/α,β-unsaturated/α-hetero) is 1. The third kappa shape index (κ3) is 2.65. The first-order valence-electron chi connectivity index (χ1n) is 6.80. The minimum Gasteiger partial charge on any atom is -0.292 e. The van der Waals surface area contributed by atoms with E-state index in [4.69, 9.17) is 11.6 Å². The highest BCUT2D eigenvalue weighted by atomic mass is 35.5. The van der Waals surface area contributed by atoms with E-state index in [2.05, 4.69) is 4.98 Å². The number of benzene rings is 2. The number of carbonyl (C=O) groups excluding carboxylic acids is 1. The fraction of sp³-hybridized carbons (Fsp3) is 0.118. The van der Waals surface area contributed by atoms with E-state index < -0.39 is 0 Å². The maximum Gasteiger partial charge on any atom is 0.261 e. The van der Waals surface area contributed by atoms with Gasteiger partial charge in [-0.25, -0.2) is 4.98 Å². The molecule has 0 N–H and O–H groups in total. The lowest BCUT2D eigenvalue weighted by molar-refractivity contribution is 0.0970. The van der Waals surface area contributed by atoms with Crippen molar-refractivity contribution in [2.75, 3.05) is 0 Å². The van der Waals surface area contributed by atoms with Gasteiger partial charge in [0.2, 0.25) is 0 Å². The molecule has 0 aliphatic rings. The number of halogens is 1. The van der Waals surface area contributed by atoms with E-state index in [1.807, 2.05) is 19.1 Å². The van der Waals surface area contributed by atoms with Gasteiger partial charge in [0.05, 0.1) is 23.8 Å². The van der Waals surface area contributed by atoms with Gasteiger partial charge < -0.3 is 0 Å². The molecule has 0 aliphatic heterocycles. The van der Waals surface area contributed by atoms with Crippen molar-refractivity contribution >= 4 is 28.3 Å². The molecule has 0 fully saturated rings. The molecule has 1 aromatic heterocycles. The summed E-state index contributed by atoms with van der Waals surface area (Å²) in [7, 11) is 0. The van der Waals surface area contributed by atoms with Crippen molar-refractivity contribution in [1.29, 1.82) is 0 Å². The highest BCUT2D eigenvalue weighted by molar-refractivity contribution is 6.30. The Morgan fingerprint density at radius 3 is 2.64 bits per heavy atom. The number of aryl methyl sites for hydroxylation is 1. The average Bonchev–Trinajstić information content (AvgIpc) is 2.51. The van der Waals surface area contributed by atoms with Crippen LogP contribution < -0.4 is 5.56 Å². The Bertz CT molecular complexity index is 914. The van der Waals surface area contributed by atoms with Crippen LogP contribution in [-0.2, 0) is 6.54 Å². The Morgan fingerprint density at radius 1 is 1.18 bits per heavy atom. The molecule has 0 bridgehead atoms. The van der Waals surface area contributed by atoms with Gasteiger partial charge in [0, 0.05) is 10.6 Å². The number of hydrogen-bond donors (Lipinski definition) is 0. The molecule has 22 heavy (non-hydrogen) atoms. The summed E-state index contributed by atoms with van der Waals surface area (Å²) in [4.78, 5) is 29.0. The smallest absolute Gasteiger partial charge is 0.261 e. The van der Waals surface area contributed by atoms with Crippen LogP contribution in [0.15, 0.2) is 53.6 Å². The molecule has 0 radical (unpaired) electrons. The first-order chi connectivity index (χ1) is 10.6. The molecule has 0 aliphatic carbocycles. The summed E-state index contributed by atoms with van der Waals surface area (Å²) in [6, 6.07) is 12.0. The van der Waals surface area contributed by atoms with Gasteiger partial charge in [-0.2, -0.15) is 0 Å². The van der Waals surface area contributed by atoms with Crippen molar-refractivity contribution in [3.05, 3.63) is 75.3 Å². The Labute approximate surface area is 132 Å². The van der Waals surface area contributed by atoms with E-state index in [0.29, 0.717) is 21.5 Å². The summed E-state index contributed by atoms with van der Waals surface area (Å²) in [5.74, 6) is -0.160. The van der Waals surface area contributed by atoms with Gasteiger partial charge in [0.25, 0.3) is 5.56 Å². The van der Waals surface area contributed by atoms with Crippen molar-refractivity contribution in [1.82, 2.24) is 9.55 Å². The van der Waals surface area contributed by atoms with Gasteiger partial charge in [-0.3, -0.25) is 14.2 Å². The van der Waals surface area contributed by atoms with Crippen LogP contribution in [0.5, 0.6) is 0 Å². The zero-order chi connectivity index (χ0) is 15.7. The number of hydrogen-bond acceptors (Lipinski definition) is 3. The second-order valence-corrected chi connectivity index (χ2v) is 5.52. The lowest BCUT2D eigenvalue weighted by atomic mass is 10.1. The largest absolute Gasteiger partial charge is 0.292 e. The summed E-state index contributed by atoms with van der Waals surface area (Å²) in [5.41, 5.74) is 1.91. The van der Waals surface area contributed by atoms with Crippen LogP contribution >= 0.6 is 11.6 Å². The average molecular weight is 313 g/mol. The second kappa shape index (κ2) is 5.73. The first kappa shape index (κ1) is 14.5. The molecule has 0 spiro atoms. The Kier molecular flexibility index (Phi) is 3.77. The highest BCUT2D eigenvalue weighted by Crippen LogP contribution is 2.13. The van der Waals surface area contributed by atoms with Gasteiger partial charge >= 0.3 is 0 Å². The predicted octanol–water partition coefficient (Wildman–Crippen LogP) is 3.24. The highest BCUT2D eigenvalue weighted by Gasteiger charge is 2.11. The molecular formula is C17H13ClN2O2. The molecular weight excluding hydrogens is 300 g/mol. The van der Waals surface area contributed by atoms with Crippen LogP contribution in [-0.4, -0.2) is 15.3 Å². The topological polar surface area (TPSA) is 52.0 Å². The van der Waals surface area contributed by atoms with Crippen LogP contribution in [0, 0.1) is 6.92 Å². The van der Waals surface area contributed by atoms with Gasteiger partial charge in [-0.05, 0) is 42.8 Å². The van der Waals surface area contributed by atoms with E-state index in [1.165, 1.54) is 10.9 Å². The standard InChI is InChI=1S/C17H13ClN2O2/c1-11-3-2-4-14-16(11)19-10-20(17(14)22)9-15(21)12-5-7-13(18)8-6-12/h2-8,10H,9H2,1H3. The van der Waals surface area contributed by atoms with Crippen LogP contribution in [0.25, 0.3) is 10.9 Å². The SMILES string of the molecule is Cc1cccc2c(=O)n(CC(=O)c3ccc(Cl)cc3)cnc12. The Balaban J connectivity index is 1.97. The molecule has 110 valence electrons. The van der Waals surface area contributed by atoms with Gasteiger partial charge in [-0.1, -0.05) is 23.7 Å². The minimum atomic E-state index is -0.212. The Hall–Kier alpha value is -2.46. The van der Waals surface area contributed by atoms with E-state index in [9.17, 15) is 9.59 Å². The zero-order valence-corrected chi connectivity index (χ0v) is 12.7. The summed E-state index contributed by atoms with van der Waals surface area (Å²) in [6.07, 6.45) is 1.42. The summed E-state index contributed by atoms with van der Waals surface area (Å²) >= 11 is 5.81.